The lowest BCUT2D eigenvalue weighted by Crippen LogP contribution is -2.52. The zero-order chi connectivity index (χ0) is 14.6. The van der Waals surface area contributed by atoms with Gasteiger partial charge in [0.15, 0.2) is 5.60 Å². The average Bonchev–Trinajstić information content (AvgIpc) is 2.30. The normalized spacial score (nSPS) is 30.2. The molecule has 0 aliphatic heterocycles. The van der Waals surface area contributed by atoms with Crippen molar-refractivity contribution in [2.75, 3.05) is 6.54 Å². The van der Waals surface area contributed by atoms with Crippen LogP contribution in [0.2, 0.25) is 0 Å². The van der Waals surface area contributed by atoms with Crippen LogP contribution in [0.25, 0.3) is 0 Å². The van der Waals surface area contributed by atoms with Crippen molar-refractivity contribution in [3.63, 3.8) is 0 Å². The Balaban J connectivity index is 2.37. The standard InChI is InChI=1S/C13H24N2O4/c1-8-4-5-10(9(2)6-8)15-12(18)14-7-13(3,19)11(16)17/h8-10,19H,4-7H2,1-3H3,(H,16,17)(H2,14,15,18). The Morgan fingerprint density at radius 3 is 2.47 bits per heavy atom. The highest BCUT2D eigenvalue weighted by Crippen LogP contribution is 2.28. The summed E-state index contributed by atoms with van der Waals surface area (Å²) in [6.45, 7) is 5.15. The van der Waals surface area contributed by atoms with Crippen LogP contribution >= 0.6 is 0 Å². The van der Waals surface area contributed by atoms with Crippen LogP contribution in [-0.4, -0.2) is 40.4 Å². The number of carboxylic acids is 1. The summed E-state index contributed by atoms with van der Waals surface area (Å²) in [7, 11) is 0. The highest BCUT2D eigenvalue weighted by atomic mass is 16.4. The van der Waals surface area contributed by atoms with E-state index < -0.39 is 17.6 Å². The number of aliphatic hydroxyl groups is 1. The Morgan fingerprint density at radius 1 is 1.32 bits per heavy atom. The lowest BCUT2D eigenvalue weighted by Gasteiger charge is -2.33. The number of rotatable bonds is 4. The van der Waals surface area contributed by atoms with Crippen molar-refractivity contribution in [3.05, 3.63) is 0 Å². The summed E-state index contributed by atoms with van der Waals surface area (Å²) in [5, 5.41) is 23.5. The molecule has 1 fully saturated rings. The molecule has 0 radical (unpaired) electrons. The van der Waals surface area contributed by atoms with Crippen molar-refractivity contribution in [2.45, 2.75) is 51.7 Å². The summed E-state index contributed by atoms with van der Waals surface area (Å²) in [5.74, 6) is -0.258. The minimum Gasteiger partial charge on any atom is -0.479 e. The third-order valence-corrected chi connectivity index (χ3v) is 3.80. The van der Waals surface area contributed by atoms with Crippen LogP contribution in [0, 0.1) is 11.8 Å². The number of aliphatic carboxylic acids is 1. The number of urea groups is 1. The maximum atomic E-state index is 11.7. The van der Waals surface area contributed by atoms with E-state index in [-0.39, 0.29) is 12.6 Å². The molecule has 0 saturated heterocycles. The van der Waals surface area contributed by atoms with Crippen LogP contribution in [0.4, 0.5) is 4.79 Å². The van der Waals surface area contributed by atoms with Gasteiger partial charge in [0.25, 0.3) is 0 Å². The molecule has 6 nitrogen and oxygen atoms in total. The molecule has 6 heteroatoms. The first-order valence-corrected chi connectivity index (χ1v) is 6.72. The first-order valence-electron chi connectivity index (χ1n) is 6.72. The van der Waals surface area contributed by atoms with E-state index in [0.29, 0.717) is 11.8 Å². The third-order valence-electron chi connectivity index (χ3n) is 3.80. The summed E-state index contributed by atoms with van der Waals surface area (Å²) >= 11 is 0. The first kappa shape index (κ1) is 15.8. The fourth-order valence-electron chi connectivity index (χ4n) is 2.43. The van der Waals surface area contributed by atoms with Crippen molar-refractivity contribution in [2.24, 2.45) is 11.8 Å². The molecule has 4 atom stereocenters. The summed E-state index contributed by atoms with van der Waals surface area (Å²) in [5.41, 5.74) is -1.94. The van der Waals surface area contributed by atoms with Gasteiger partial charge in [0, 0.05) is 6.04 Å². The molecular weight excluding hydrogens is 248 g/mol. The second kappa shape index (κ2) is 6.23. The topological polar surface area (TPSA) is 98.7 Å². The smallest absolute Gasteiger partial charge is 0.337 e. The summed E-state index contributed by atoms with van der Waals surface area (Å²) in [4.78, 5) is 22.4. The predicted octanol–water partition coefficient (Wildman–Crippen LogP) is 0.946. The number of carbonyl (C=O) groups excluding carboxylic acids is 1. The zero-order valence-corrected chi connectivity index (χ0v) is 11.8. The lowest BCUT2D eigenvalue weighted by atomic mass is 9.80. The molecule has 19 heavy (non-hydrogen) atoms. The van der Waals surface area contributed by atoms with E-state index in [2.05, 4.69) is 24.5 Å². The zero-order valence-electron chi connectivity index (χ0n) is 11.8. The maximum absolute atomic E-state index is 11.7. The van der Waals surface area contributed by atoms with E-state index in [1.165, 1.54) is 0 Å². The minimum atomic E-state index is -1.94. The Labute approximate surface area is 113 Å². The van der Waals surface area contributed by atoms with Crippen LogP contribution in [-0.2, 0) is 4.79 Å². The monoisotopic (exact) mass is 272 g/mol. The van der Waals surface area contributed by atoms with Gasteiger partial charge < -0.3 is 20.8 Å². The van der Waals surface area contributed by atoms with E-state index in [4.69, 9.17) is 5.11 Å². The summed E-state index contributed by atoms with van der Waals surface area (Å²) < 4.78 is 0. The van der Waals surface area contributed by atoms with E-state index in [1.54, 1.807) is 0 Å². The molecule has 1 saturated carbocycles. The quantitative estimate of drug-likeness (QED) is 0.612. The van der Waals surface area contributed by atoms with E-state index in [0.717, 1.165) is 26.2 Å². The molecule has 0 aromatic heterocycles. The fraction of sp³-hybridized carbons (Fsp3) is 0.846. The highest BCUT2D eigenvalue weighted by molar-refractivity contribution is 5.79. The van der Waals surface area contributed by atoms with Gasteiger partial charge in [0.1, 0.15) is 0 Å². The Kier molecular flexibility index (Phi) is 5.17. The second-order valence-corrected chi connectivity index (χ2v) is 5.91. The van der Waals surface area contributed by atoms with Gasteiger partial charge in [-0.05, 0) is 38.0 Å². The summed E-state index contributed by atoms with van der Waals surface area (Å²) in [6, 6.07) is -0.307. The first-order chi connectivity index (χ1) is 8.72. The minimum absolute atomic E-state index is 0.117. The number of nitrogens with one attached hydrogen (secondary N) is 2. The average molecular weight is 272 g/mol. The number of carboxylic acid groups (broad SMARTS) is 1. The van der Waals surface area contributed by atoms with Crippen LogP contribution < -0.4 is 10.6 Å². The van der Waals surface area contributed by atoms with Gasteiger partial charge in [-0.1, -0.05) is 13.8 Å². The Bertz CT molecular complexity index is 344. The van der Waals surface area contributed by atoms with Gasteiger partial charge in [-0.2, -0.15) is 0 Å². The van der Waals surface area contributed by atoms with Crippen molar-refractivity contribution in [3.8, 4) is 0 Å². The highest BCUT2D eigenvalue weighted by Gasteiger charge is 2.31. The van der Waals surface area contributed by atoms with Gasteiger partial charge >= 0.3 is 12.0 Å². The largest absolute Gasteiger partial charge is 0.479 e. The van der Waals surface area contributed by atoms with E-state index in [1.807, 2.05) is 0 Å². The van der Waals surface area contributed by atoms with E-state index in [9.17, 15) is 14.7 Å². The molecule has 0 spiro atoms. The van der Waals surface area contributed by atoms with Gasteiger partial charge in [-0.25, -0.2) is 9.59 Å². The maximum Gasteiger partial charge on any atom is 0.337 e. The number of hydrogen-bond acceptors (Lipinski definition) is 3. The lowest BCUT2D eigenvalue weighted by molar-refractivity contribution is -0.155. The molecule has 0 bridgehead atoms. The van der Waals surface area contributed by atoms with Crippen LogP contribution in [0.3, 0.4) is 0 Å². The van der Waals surface area contributed by atoms with Crippen LogP contribution in [0.5, 0.6) is 0 Å². The van der Waals surface area contributed by atoms with Crippen molar-refractivity contribution < 1.29 is 19.8 Å². The molecule has 1 aliphatic carbocycles. The van der Waals surface area contributed by atoms with E-state index >= 15 is 0 Å². The molecule has 0 aromatic carbocycles. The predicted molar refractivity (Wildman–Crippen MR) is 70.8 cm³/mol. The number of carbonyl (C=O) groups is 2. The Morgan fingerprint density at radius 2 is 1.95 bits per heavy atom. The molecule has 1 rings (SSSR count). The van der Waals surface area contributed by atoms with Crippen molar-refractivity contribution >= 4 is 12.0 Å². The van der Waals surface area contributed by atoms with Gasteiger partial charge in [-0.15, -0.1) is 0 Å². The molecule has 4 N–H and O–H groups in total. The second-order valence-electron chi connectivity index (χ2n) is 5.91. The van der Waals surface area contributed by atoms with Gasteiger partial charge in [0.2, 0.25) is 0 Å². The molecule has 4 unspecified atom stereocenters. The Hall–Kier alpha value is -1.30. The van der Waals surface area contributed by atoms with Crippen molar-refractivity contribution in [1.29, 1.82) is 0 Å². The molecule has 110 valence electrons. The van der Waals surface area contributed by atoms with Gasteiger partial charge in [0.05, 0.1) is 6.54 Å². The molecular formula is C13H24N2O4. The van der Waals surface area contributed by atoms with Gasteiger partial charge in [-0.3, -0.25) is 0 Å². The van der Waals surface area contributed by atoms with Crippen molar-refractivity contribution in [1.82, 2.24) is 10.6 Å². The molecule has 2 amide bonds. The fourth-order valence-corrected chi connectivity index (χ4v) is 2.43. The van der Waals surface area contributed by atoms with Crippen LogP contribution in [0.15, 0.2) is 0 Å². The third kappa shape index (κ3) is 4.70. The SMILES string of the molecule is CC1CCC(NC(=O)NCC(C)(O)C(=O)O)C(C)C1. The van der Waals surface area contributed by atoms with Crippen LogP contribution in [0.1, 0.15) is 40.0 Å². The molecule has 0 heterocycles. The number of hydrogen-bond donors (Lipinski definition) is 4. The number of amides is 2. The summed E-state index contributed by atoms with van der Waals surface area (Å²) in [6.07, 6.45) is 3.10. The molecule has 0 aromatic rings. The molecule has 1 aliphatic rings.